The first kappa shape index (κ1) is 19.8. The Bertz CT molecular complexity index is 1140. The summed E-state index contributed by atoms with van der Waals surface area (Å²) in [5.74, 6) is 0.749. The summed E-state index contributed by atoms with van der Waals surface area (Å²) in [4.78, 5) is 22.2. The third-order valence-electron chi connectivity index (χ3n) is 5.88. The highest BCUT2D eigenvalue weighted by molar-refractivity contribution is 7.19. The predicted molar refractivity (Wildman–Crippen MR) is 118 cm³/mol. The van der Waals surface area contributed by atoms with Crippen LogP contribution in [0, 0.1) is 0 Å². The lowest BCUT2D eigenvalue weighted by molar-refractivity contribution is -0.144. The number of rotatable bonds is 4. The summed E-state index contributed by atoms with van der Waals surface area (Å²) in [5.41, 5.74) is 3.59. The second kappa shape index (κ2) is 7.50. The van der Waals surface area contributed by atoms with Gasteiger partial charge in [-0.15, -0.1) is 11.3 Å². The van der Waals surface area contributed by atoms with Crippen LogP contribution in [-0.4, -0.2) is 65.1 Å². The molecule has 156 valence electrons. The molecule has 0 radical (unpaired) electrons. The molecule has 1 saturated heterocycles. The Labute approximate surface area is 183 Å². The highest BCUT2D eigenvalue weighted by Gasteiger charge is 2.40. The summed E-state index contributed by atoms with van der Waals surface area (Å²) in [6, 6.07) is 8.01. The van der Waals surface area contributed by atoms with Gasteiger partial charge in [0.2, 0.25) is 0 Å². The van der Waals surface area contributed by atoms with Crippen molar-refractivity contribution in [2.45, 2.75) is 25.2 Å². The summed E-state index contributed by atoms with van der Waals surface area (Å²) >= 11 is 7.94. The Hall–Kier alpha value is -2.19. The van der Waals surface area contributed by atoms with Gasteiger partial charge in [0.05, 0.1) is 16.8 Å². The minimum Gasteiger partial charge on any atom is -0.479 e. The SMILES string of the molecule is CN(C)C1CN(C(=O)[C@H]2Cc3cc(Cl)cc(-c4ccnc5cc(CO)sc45)c3O2)C1. The van der Waals surface area contributed by atoms with Crippen molar-refractivity contribution < 1.29 is 14.6 Å². The Kier molecular flexibility index (Phi) is 4.94. The smallest absolute Gasteiger partial charge is 0.264 e. The zero-order valence-electron chi connectivity index (χ0n) is 16.8. The maximum atomic E-state index is 13.0. The van der Waals surface area contributed by atoms with Crippen LogP contribution in [0.1, 0.15) is 10.4 Å². The van der Waals surface area contributed by atoms with Gasteiger partial charge in [-0.3, -0.25) is 9.78 Å². The number of carbonyl (C=O) groups excluding carboxylic acids is 1. The fourth-order valence-electron chi connectivity index (χ4n) is 4.11. The van der Waals surface area contributed by atoms with Gasteiger partial charge in [0.1, 0.15) is 5.75 Å². The number of likely N-dealkylation sites (tertiary alicyclic amines) is 1. The largest absolute Gasteiger partial charge is 0.479 e. The Morgan fingerprint density at radius 1 is 1.33 bits per heavy atom. The number of aliphatic hydroxyl groups is 1. The van der Waals surface area contributed by atoms with Crippen LogP contribution in [0.3, 0.4) is 0 Å². The van der Waals surface area contributed by atoms with Crippen LogP contribution in [0.5, 0.6) is 5.75 Å². The summed E-state index contributed by atoms with van der Waals surface area (Å²) in [6.45, 7) is 1.45. The molecule has 2 aromatic heterocycles. The lowest BCUT2D eigenvalue weighted by Gasteiger charge is -2.43. The monoisotopic (exact) mass is 443 g/mol. The fraction of sp³-hybridized carbons (Fsp3) is 0.364. The van der Waals surface area contributed by atoms with Crippen molar-refractivity contribution in [3.8, 4) is 16.9 Å². The van der Waals surface area contributed by atoms with Crippen LogP contribution >= 0.6 is 22.9 Å². The highest BCUT2D eigenvalue weighted by atomic mass is 35.5. The van der Waals surface area contributed by atoms with Crippen molar-refractivity contribution in [2.24, 2.45) is 0 Å². The molecular weight excluding hydrogens is 422 g/mol. The topological polar surface area (TPSA) is 65.9 Å². The molecule has 6 nitrogen and oxygen atoms in total. The Morgan fingerprint density at radius 2 is 2.13 bits per heavy atom. The number of pyridine rings is 1. The number of thiophene rings is 1. The maximum Gasteiger partial charge on any atom is 0.264 e. The van der Waals surface area contributed by atoms with Crippen molar-refractivity contribution in [3.05, 3.63) is 45.9 Å². The zero-order valence-corrected chi connectivity index (χ0v) is 18.3. The normalized spacial score (nSPS) is 18.6. The van der Waals surface area contributed by atoms with Gasteiger partial charge in [0.25, 0.3) is 5.91 Å². The molecule has 0 bridgehead atoms. The number of aliphatic hydroxyl groups excluding tert-OH is 1. The van der Waals surface area contributed by atoms with Crippen LogP contribution in [0.2, 0.25) is 5.02 Å². The van der Waals surface area contributed by atoms with Gasteiger partial charge in [0.15, 0.2) is 6.10 Å². The van der Waals surface area contributed by atoms with E-state index in [1.807, 2.05) is 43.3 Å². The molecule has 1 atom stereocenters. The van der Waals surface area contributed by atoms with E-state index in [1.165, 1.54) is 11.3 Å². The first-order valence-electron chi connectivity index (χ1n) is 9.87. The average molecular weight is 444 g/mol. The third kappa shape index (κ3) is 3.26. The number of aromatic nitrogens is 1. The van der Waals surface area contributed by atoms with Gasteiger partial charge >= 0.3 is 0 Å². The van der Waals surface area contributed by atoms with Crippen molar-refractivity contribution in [1.29, 1.82) is 0 Å². The van der Waals surface area contributed by atoms with Crippen LogP contribution < -0.4 is 4.74 Å². The number of fused-ring (bicyclic) bond motifs is 2. The first-order valence-corrected chi connectivity index (χ1v) is 11.1. The van der Waals surface area contributed by atoms with Crippen molar-refractivity contribution in [3.63, 3.8) is 0 Å². The van der Waals surface area contributed by atoms with E-state index < -0.39 is 6.10 Å². The van der Waals surface area contributed by atoms with Gasteiger partial charge < -0.3 is 19.6 Å². The standard InChI is InChI=1S/C22H22ClN3O3S/c1-25(2)14-9-26(10-14)22(28)19-6-12-5-13(23)7-17(20(12)29-19)16-3-4-24-18-8-15(11-27)30-21(16)18/h3-5,7-8,14,19,27H,6,9-11H2,1-2H3/t19-/m1/s1. The molecule has 1 amide bonds. The van der Waals surface area contributed by atoms with E-state index in [2.05, 4.69) is 9.88 Å². The number of carbonyl (C=O) groups is 1. The van der Waals surface area contributed by atoms with Gasteiger partial charge in [-0.05, 0) is 38.4 Å². The molecule has 0 unspecified atom stereocenters. The van der Waals surface area contributed by atoms with Gasteiger partial charge in [-0.2, -0.15) is 0 Å². The van der Waals surface area contributed by atoms with Crippen LogP contribution in [-0.2, 0) is 17.8 Å². The summed E-state index contributed by atoms with van der Waals surface area (Å²) < 4.78 is 7.19. The van der Waals surface area contributed by atoms with Crippen molar-refractivity contribution >= 4 is 39.1 Å². The molecule has 3 aromatic rings. The van der Waals surface area contributed by atoms with Crippen LogP contribution in [0.25, 0.3) is 21.3 Å². The number of likely N-dealkylation sites (N-methyl/N-ethyl adjacent to an activating group) is 1. The van der Waals surface area contributed by atoms with E-state index in [0.717, 1.165) is 44.9 Å². The number of benzene rings is 1. The number of nitrogens with zero attached hydrogens (tertiary/aromatic N) is 3. The fourth-order valence-corrected chi connectivity index (χ4v) is 5.35. The van der Waals surface area contributed by atoms with Gasteiger partial charge in [-0.25, -0.2) is 0 Å². The summed E-state index contributed by atoms with van der Waals surface area (Å²) in [7, 11) is 4.07. The molecule has 2 aliphatic heterocycles. The molecule has 0 saturated carbocycles. The molecule has 1 N–H and O–H groups in total. The van der Waals surface area contributed by atoms with Gasteiger partial charge in [0, 0.05) is 58.3 Å². The predicted octanol–water partition coefficient (Wildman–Crippen LogP) is 3.18. The number of hydrogen-bond donors (Lipinski definition) is 1. The minimum atomic E-state index is -0.519. The minimum absolute atomic E-state index is 0.0228. The van der Waals surface area contributed by atoms with E-state index in [4.69, 9.17) is 16.3 Å². The van der Waals surface area contributed by atoms with E-state index in [9.17, 15) is 9.90 Å². The summed E-state index contributed by atoms with van der Waals surface area (Å²) in [5, 5.41) is 10.1. The molecule has 1 fully saturated rings. The number of amides is 1. The maximum absolute atomic E-state index is 13.0. The van der Waals surface area contributed by atoms with Crippen LogP contribution in [0.4, 0.5) is 0 Å². The molecule has 8 heteroatoms. The van der Waals surface area contributed by atoms with Gasteiger partial charge in [-0.1, -0.05) is 11.6 Å². The number of halogens is 1. The van der Waals surface area contributed by atoms with E-state index >= 15 is 0 Å². The number of hydrogen-bond acceptors (Lipinski definition) is 6. The molecule has 30 heavy (non-hydrogen) atoms. The second-order valence-corrected chi connectivity index (χ2v) is 9.63. The lowest BCUT2D eigenvalue weighted by atomic mass is 10.00. The van der Waals surface area contributed by atoms with E-state index in [1.54, 1.807) is 6.20 Å². The Balaban J connectivity index is 1.48. The highest BCUT2D eigenvalue weighted by Crippen LogP contribution is 2.44. The van der Waals surface area contributed by atoms with Crippen molar-refractivity contribution in [1.82, 2.24) is 14.8 Å². The Morgan fingerprint density at radius 3 is 2.87 bits per heavy atom. The molecule has 5 rings (SSSR count). The molecule has 4 heterocycles. The van der Waals surface area contributed by atoms with E-state index in [-0.39, 0.29) is 12.5 Å². The quantitative estimate of drug-likeness (QED) is 0.670. The van der Waals surface area contributed by atoms with E-state index in [0.29, 0.717) is 23.2 Å². The molecule has 0 aliphatic carbocycles. The molecular formula is C22H22ClN3O3S. The zero-order chi connectivity index (χ0) is 21.0. The lowest BCUT2D eigenvalue weighted by Crippen LogP contribution is -2.61. The number of ether oxygens (including phenoxy) is 1. The van der Waals surface area contributed by atoms with Crippen molar-refractivity contribution in [2.75, 3.05) is 27.2 Å². The second-order valence-electron chi connectivity index (χ2n) is 8.06. The molecule has 0 spiro atoms. The summed E-state index contributed by atoms with van der Waals surface area (Å²) in [6.07, 6.45) is 1.75. The molecule has 2 aliphatic rings. The average Bonchev–Trinajstić information content (AvgIpc) is 3.29. The van der Waals surface area contributed by atoms with Crippen LogP contribution in [0.15, 0.2) is 30.5 Å². The first-order chi connectivity index (χ1) is 14.4. The molecule has 1 aromatic carbocycles. The third-order valence-corrected chi connectivity index (χ3v) is 7.25.